The van der Waals surface area contributed by atoms with E-state index in [0.717, 1.165) is 45.3 Å². The number of hydrogen-bond donors (Lipinski definition) is 1. The molecule has 4 unspecified atom stereocenters. The molecule has 122 valence electrons. The van der Waals surface area contributed by atoms with Gasteiger partial charge in [-0.15, -0.1) is 0 Å². The molecule has 0 spiro atoms. The third kappa shape index (κ3) is 3.41. The molecule has 1 aliphatic carbocycles. The number of esters is 1. The van der Waals surface area contributed by atoms with Gasteiger partial charge in [0, 0.05) is 18.7 Å². The molecular weight excluding hydrogens is 268 g/mol. The molecular formula is C16H30N2O3. The van der Waals surface area contributed by atoms with Gasteiger partial charge in [0.25, 0.3) is 0 Å². The fourth-order valence-electron chi connectivity index (χ4n) is 3.87. The zero-order chi connectivity index (χ0) is 15.5. The summed E-state index contributed by atoms with van der Waals surface area (Å²) in [6.07, 6.45) is 5.11. The third-order valence-electron chi connectivity index (χ3n) is 5.21. The molecule has 2 fully saturated rings. The van der Waals surface area contributed by atoms with E-state index in [1.807, 2.05) is 0 Å². The Labute approximate surface area is 128 Å². The van der Waals surface area contributed by atoms with E-state index in [4.69, 9.17) is 9.47 Å². The van der Waals surface area contributed by atoms with Crippen LogP contribution in [0.5, 0.6) is 0 Å². The lowest BCUT2D eigenvalue weighted by Crippen LogP contribution is -2.53. The van der Waals surface area contributed by atoms with Gasteiger partial charge in [0.05, 0.1) is 13.2 Å². The number of carbonyl (C=O) groups excluding carboxylic acids is 1. The molecule has 0 aromatic heterocycles. The van der Waals surface area contributed by atoms with Crippen molar-refractivity contribution in [3.05, 3.63) is 0 Å². The van der Waals surface area contributed by atoms with Gasteiger partial charge < -0.3 is 14.8 Å². The Morgan fingerprint density at radius 3 is 2.81 bits per heavy atom. The van der Waals surface area contributed by atoms with Gasteiger partial charge in [-0.2, -0.15) is 0 Å². The number of likely N-dealkylation sites (N-methyl/N-ethyl adjacent to an activating group) is 1. The summed E-state index contributed by atoms with van der Waals surface area (Å²) in [5.41, 5.74) is -0.494. The number of hydrogen-bond acceptors (Lipinski definition) is 5. The minimum Gasteiger partial charge on any atom is -0.468 e. The average Bonchev–Trinajstić information content (AvgIpc) is 3.11. The predicted molar refractivity (Wildman–Crippen MR) is 82.3 cm³/mol. The van der Waals surface area contributed by atoms with Crippen LogP contribution in [0.1, 0.15) is 46.0 Å². The first-order chi connectivity index (χ1) is 10.0. The van der Waals surface area contributed by atoms with Crippen molar-refractivity contribution in [2.75, 3.05) is 27.3 Å². The summed E-state index contributed by atoms with van der Waals surface area (Å²) >= 11 is 0. The SMILES string of the molecule is CCCNC1(C(=O)OC)CCC(N(C)C2CCOC2C)C1. The smallest absolute Gasteiger partial charge is 0.326 e. The van der Waals surface area contributed by atoms with Gasteiger partial charge >= 0.3 is 5.97 Å². The fraction of sp³-hybridized carbons (Fsp3) is 0.938. The lowest BCUT2D eigenvalue weighted by Gasteiger charge is -2.34. The molecule has 0 aromatic rings. The highest BCUT2D eigenvalue weighted by Gasteiger charge is 2.48. The van der Waals surface area contributed by atoms with Crippen LogP contribution in [-0.4, -0.2) is 61.9 Å². The first-order valence-corrected chi connectivity index (χ1v) is 8.21. The molecule has 4 atom stereocenters. The maximum atomic E-state index is 12.3. The highest BCUT2D eigenvalue weighted by atomic mass is 16.5. The van der Waals surface area contributed by atoms with Gasteiger partial charge in [0.2, 0.25) is 0 Å². The monoisotopic (exact) mass is 298 g/mol. The van der Waals surface area contributed by atoms with Crippen molar-refractivity contribution in [1.82, 2.24) is 10.2 Å². The highest BCUT2D eigenvalue weighted by Crippen LogP contribution is 2.36. The van der Waals surface area contributed by atoms with Crippen molar-refractivity contribution in [3.8, 4) is 0 Å². The maximum absolute atomic E-state index is 12.3. The summed E-state index contributed by atoms with van der Waals surface area (Å²) < 4.78 is 10.7. The summed E-state index contributed by atoms with van der Waals surface area (Å²) in [6.45, 7) is 5.97. The fourth-order valence-corrected chi connectivity index (χ4v) is 3.87. The molecule has 0 bridgehead atoms. The third-order valence-corrected chi connectivity index (χ3v) is 5.21. The first kappa shape index (κ1) is 16.7. The van der Waals surface area contributed by atoms with Crippen LogP contribution in [0.3, 0.4) is 0 Å². The molecule has 0 amide bonds. The second-order valence-electron chi connectivity index (χ2n) is 6.49. The molecule has 1 heterocycles. The number of ether oxygens (including phenoxy) is 2. The van der Waals surface area contributed by atoms with Gasteiger partial charge in [0.15, 0.2) is 0 Å². The van der Waals surface area contributed by atoms with Gasteiger partial charge in [0.1, 0.15) is 5.54 Å². The quantitative estimate of drug-likeness (QED) is 0.754. The summed E-state index contributed by atoms with van der Waals surface area (Å²) in [5.74, 6) is -0.109. The van der Waals surface area contributed by atoms with Crippen LogP contribution in [0.2, 0.25) is 0 Å². The van der Waals surface area contributed by atoms with Gasteiger partial charge in [-0.25, -0.2) is 0 Å². The standard InChI is InChI=1S/C16H30N2O3/c1-5-9-17-16(15(19)20-4)8-6-13(11-16)18(3)14-7-10-21-12(14)2/h12-14,17H,5-11H2,1-4H3. The Balaban J connectivity index is 2.03. The van der Waals surface area contributed by atoms with E-state index in [1.54, 1.807) is 0 Å². The van der Waals surface area contributed by atoms with E-state index < -0.39 is 5.54 Å². The molecule has 1 N–H and O–H groups in total. The Hall–Kier alpha value is -0.650. The van der Waals surface area contributed by atoms with Crippen molar-refractivity contribution in [2.45, 2.75) is 69.7 Å². The molecule has 2 rings (SSSR count). The molecule has 0 aromatic carbocycles. The molecule has 21 heavy (non-hydrogen) atoms. The molecule has 0 radical (unpaired) electrons. The molecule has 2 aliphatic rings. The van der Waals surface area contributed by atoms with E-state index >= 15 is 0 Å². The summed E-state index contributed by atoms with van der Waals surface area (Å²) in [6, 6.07) is 0.886. The lowest BCUT2D eigenvalue weighted by atomic mass is 9.96. The predicted octanol–water partition coefficient (Wildman–Crippen LogP) is 1.56. The molecule has 5 nitrogen and oxygen atoms in total. The van der Waals surface area contributed by atoms with E-state index in [2.05, 4.69) is 31.1 Å². The normalized spacial score (nSPS) is 36.3. The van der Waals surface area contributed by atoms with E-state index in [1.165, 1.54) is 7.11 Å². The molecule has 1 saturated heterocycles. The number of nitrogens with one attached hydrogen (secondary N) is 1. The van der Waals surface area contributed by atoms with E-state index in [-0.39, 0.29) is 12.1 Å². The number of nitrogens with zero attached hydrogens (tertiary/aromatic N) is 1. The van der Waals surface area contributed by atoms with Crippen LogP contribution >= 0.6 is 0 Å². The van der Waals surface area contributed by atoms with Crippen LogP contribution in [0.4, 0.5) is 0 Å². The number of rotatable bonds is 6. The summed E-state index contributed by atoms with van der Waals surface area (Å²) in [7, 11) is 3.66. The van der Waals surface area contributed by atoms with Gasteiger partial charge in [-0.05, 0) is 52.6 Å². The summed E-state index contributed by atoms with van der Waals surface area (Å²) in [5, 5.41) is 3.45. The first-order valence-electron chi connectivity index (χ1n) is 8.21. The van der Waals surface area contributed by atoms with Gasteiger partial charge in [-0.1, -0.05) is 6.92 Å². The lowest BCUT2D eigenvalue weighted by molar-refractivity contribution is -0.148. The second kappa shape index (κ2) is 7.07. The van der Waals surface area contributed by atoms with E-state index in [0.29, 0.717) is 12.1 Å². The Morgan fingerprint density at radius 2 is 2.24 bits per heavy atom. The zero-order valence-corrected chi connectivity index (χ0v) is 13.9. The molecule has 1 aliphatic heterocycles. The Bertz CT molecular complexity index is 363. The van der Waals surface area contributed by atoms with Crippen molar-refractivity contribution in [1.29, 1.82) is 0 Å². The van der Waals surface area contributed by atoms with Crippen molar-refractivity contribution in [2.24, 2.45) is 0 Å². The maximum Gasteiger partial charge on any atom is 0.326 e. The van der Waals surface area contributed by atoms with Crippen LogP contribution in [0.25, 0.3) is 0 Å². The number of carbonyl (C=O) groups is 1. The van der Waals surface area contributed by atoms with Crippen molar-refractivity contribution in [3.63, 3.8) is 0 Å². The van der Waals surface area contributed by atoms with Crippen molar-refractivity contribution >= 4 is 5.97 Å². The van der Waals surface area contributed by atoms with Crippen LogP contribution in [-0.2, 0) is 14.3 Å². The zero-order valence-electron chi connectivity index (χ0n) is 13.9. The summed E-state index contributed by atoms with van der Waals surface area (Å²) in [4.78, 5) is 14.7. The minimum absolute atomic E-state index is 0.109. The van der Waals surface area contributed by atoms with Gasteiger partial charge in [-0.3, -0.25) is 9.69 Å². The van der Waals surface area contributed by atoms with Crippen molar-refractivity contribution < 1.29 is 14.3 Å². The van der Waals surface area contributed by atoms with Crippen LogP contribution < -0.4 is 5.32 Å². The van der Waals surface area contributed by atoms with E-state index in [9.17, 15) is 4.79 Å². The Morgan fingerprint density at radius 1 is 1.48 bits per heavy atom. The largest absolute Gasteiger partial charge is 0.468 e. The van der Waals surface area contributed by atoms with Crippen LogP contribution in [0, 0.1) is 0 Å². The highest BCUT2D eigenvalue weighted by molar-refractivity contribution is 5.81. The minimum atomic E-state index is -0.494. The topological polar surface area (TPSA) is 50.8 Å². The molecule has 5 heteroatoms. The average molecular weight is 298 g/mol. The second-order valence-corrected chi connectivity index (χ2v) is 6.49. The van der Waals surface area contributed by atoms with Crippen LogP contribution in [0.15, 0.2) is 0 Å². The molecule has 1 saturated carbocycles. The Kier molecular flexibility index (Phi) is 5.63. The number of methoxy groups -OCH3 is 1.